The Morgan fingerprint density at radius 2 is 1.54 bits per heavy atom. The Labute approximate surface area is 143 Å². The van der Waals surface area contributed by atoms with E-state index in [4.69, 9.17) is 17.0 Å². The summed E-state index contributed by atoms with van der Waals surface area (Å²) in [5.74, 6) is -0.771. The third-order valence-corrected chi connectivity index (χ3v) is 3.11. The molecule has 0 atom stereocenters. The minimum Gasteiger partial charge on any atom is -0.484 e. The minimum absolute atomic E-state index is 0.203. The summed E-state index contributed by atoms with van der Waals surface area (Å²) in [5.41, 5.74) is 5.71. The molecule has 0 aliphatic carbocycles. The molecule has 2 rings (SSSR count). The first-order chi connectivity index (χ1) is 11.5. The van der Waals surface area contributed by atoms with Crippen molar-refractivity contribution in [3.8, 4) is 5.75 Å². The molecule has 3 N–H and O–H groups in total. The van der Waals surface area contributed by atoms with Gasteiger partial charge in [0.15, 0.2) is 11.7 Å². The van der Waals surface area contributed by atoms with Crippen molar-refractivity contribution in [1.82, 2.24) is 16.2 Å². The lowest BCUT2D eigenvalue weighted by atomic mass is 10.2. The number of nitrogens with one attached hydrogen (secondary N) is 3. The zero-order chi connectivity index (χ0) is 17.4. The van der Waals surface area contributed by atoms with E-state index >= 15 is 0 Å². The molecule has 24 heavy (non-hydrogen) atoms. The molecule has 0 spiro atoms. The van der Waals surface area contributed by atoms with Gasteiger partial charge in [-0.3, -0.25) is 15.6 Å². The van der Waals surface area contributed by atoms with Crippen LogP contribution in [0.2, 0.25) is 0 Å². The molecule has 126 valence electrons. The number of rotatable bonds is 5. The van der Waals surface area contributed by atoms with Crippen LogP contribution in [0.25, 0.3) is 0 Å². The molecular weight excluding hydrogens is 336 g/mol. The van der Waals surface area contributed by atoms with E-state index in [1.807, 2.05) is 0 Å². The first-order valence-electron chi connectivity index (χ1n) is 6.98. The fraction of sp³-hybridized carbons (Fsp3) is 0.125. The summed E-state index contributed by atoms with van der Waals surface area (Å²) in [6, 6.07) is 11.3. The Balaban J connectivity index is 1.64. The third-order valence-electron chi connectivity index (χ3n) is 2.87. The number of halogens is 2. The lowest BCUT2D eigenvalue weighted by molar-refractivity contribution is -0.123. The Kier molecular flexibility index (Phi) is 6.44. The highest BCUT2D eigenvalue weighted by Crippen LogP contribution is 2.10. The molecule has 0 aliphatic rings. The molecule has 0 saturated carbocycles. The molecule has 8 heteroatoms. The zero-order valence-corrected chi connectivity index (χ0v) is 13.3. The van der Waals surface area contributed by atoms with E-state index in [9.17, 15) is 13.6 Å². The maximum Gasteiger partial charge on any atom is 0.276 e. The standard InChI is InChI=1S/C16H15F2N3O2S/c17-12-3-1-11(2-4-12)9-19-16(24)21-20-15(22)10-23-14-7-5-13(18)6-8-14/h1-8H,9-10H2,(H,20,22)(H2,19,21,24). The van der Waals surface area contributed by atoms with E-state index in [1.54, 1.807) is 12.1 Å². The highest BCUT2D eigenvalue weighted by molar-refractivity contribution is 7.80. The van der Waals surface area contributed by atoms with Gasteiger partial charge in [0.05, 0.1) is 0 Å². The van der Waals surface area contributed by atoms with Gasteiger partial charge in [0, 0.05) is 6.54 Å². The van der Waals surface area contributed by atoms with Crippen LogP contribution in [0.3, 0.4) is 0 Å². The van der Waals surface area contributed by atoms with Gasteiger partial charge in [0.1, 0.15) is 17.4 Å². The van der Waals surface area contributed by atoms with Crippen molar-refractivity contribution in [2.24, 2.45) is 0 Å². The topological polar surface area (TPSA) is 62.4 Å². The van der Waals surface area contributed by atoms with Crippen molar-refractivity contribution >= 4 is 23.2 Å². The molecule has 0 aliphatic heterocycles. The molecule has 5 nitrogen and oxygen atoms in total. The summed E-state index contributed by atoms with van der Waals surface area (Å²) in [5, 5.41) is 3.06. The number of carbonyl (C=O) groups excluding carboxylic acids is 1. The van der Waals surface area contributed by atoms with Gasteiger partial charge in [-0.05, 0) is 54.2 Å². The molecule has 2 aromatic carbocycles. The quantitative estimate of drug-likeness (QED) is 0.568. The number of hydrazine groups is 1. The number of ether oxygens (including phenoxy) is 1. The van der Waals surface area contributed by atoms with Crippen LogP contribution in [0.4, 0.5) is 8.78 Å². The summed E-state index contributed by atoms with van der Waals surface area (Å²) in [4.78, 5) is 11.6. The highest BCUT2D eigenvalue weighted by Gasteiger charge is 2.04. The van der Waals surface area contributed by atoms with Crippen molar-refractivity contribution in [3.63, 3.8) is 0 Å². The molecular formula is C16H15F2N3O2S. The Bertz CT molecular complexity index is 632. The number of benzene rings is 2. The summed E-state index contributed by atoms with van der Waals surface area (Å²) >= 11 is 5.00. The fourth-order valence-corrected chi connectivity index (χ4v) is 1.79. The summed E-state index contributed by atoms with van der Waals surface area (Å²) < 4.78 is 30.7. The molecule has 0 heterocycles. The van der Waals surface area contributed by atoms with Gasteiger partial charge in [-0.25, -0.2) is 8.78 Å². The molecule has 2 aromatic rings. The van der Waals surface area contributed by atoms with Crippen LogP contribution in [0.1, 0.15) is 5.56 Å². The smallest absolute Gasteiger partial charge is 0.276 e. The summed E-state index contributed by atoms with van der Waals surface area (Å²) in [7, 11) is 0. The van der Waals surface area contributed by atoms with Gasteiger partial charge in [-0.2, -0.15) is 0 Å². The molecule has 0 bridgehead atoms. The average Bonchev–Trinajstić information content (AvgIpc) is 2.59. The summed E-state index contributed by atoms with van der Waals surface area (Å²) in [6.07, 6.45) is 0. The van der Waals surface area contributed by atoms with Crippen molar-refractivity contribution in [2.45, 2.75) is 6.54 Å². The van der Waals surface area contributed by atoms with Crippen molar-refractivity contribution in [3.05, 3.63) is 65.7 Å². The van der Waals surface area contributed by atoms with Crippen LogP contribution >= 0.6 is 12.2 Å². The van der Waals surface area contributed by atoms with Gasteiger partial charge in [-0.15, -0.1) is 0 Å². The van der Waals surface area contributed by atoms with Crippen LogP contribution in [0, 0.1) is 11.6 Å². The fourth-order valence-electron chi connectivity index (χ4n) is 1.67. The third kappa shape index (κ3) is 6.17. The monoisotopic (exact) mass is 351 g/mol. The van der Waals surface area contributed by atoms with Crippen molar-refractivity contribution in [2.75, 3.05) is 6.61 Å². The van der Waals surface area contributed by atoms with E-state index < -0.39 is 5.91 Å². The van der Waals surface area contributed by atoms with Crippen molar-refractivity contribution in [1.29, 1.82) is 0 Å². The number of hydrogen-bond donors (Lipinski definition) is 3. The molecule has 1 amide bonds. The minimum atomic E-state index is -0.453. The SMILES string of the molecule is O=C(COc1ccc(F)cc1)NNC(=S)NCc1ccc(F)cc1. The van der Waals surface area contributed by atoms with Crippen LogP contribution in [0.5, 0.6) is 5.75 Å². The average molecular weight is 351 g/mol. The highest BCUT2D eigenvalue weighted by atomic mass is 32.1. The molecule has 0 saturated heterocycles. The maximum absolute atomic E-state index is 12.8. The van der Waals surface area contributed by atoms with E-state index in [1.165, 1.54) is 36.4 Å². The zero-order valence-electron chi connectivity index (χ0n) is 12.5. The lowest BCUT2D eigenvalue weighted by Gasteiger charge is -2.12. The van der Waals surface area contributed by atoms with E-state index in [2.05, 4.69) is 16.2 Å². The number of carbonyl (C=O) groups is 1. The van der Waals surface area contributed by atoms with E-state index in [-0.39, 0.29) is 23.4 Å². The maximum atomic E-state index is 12.8. The predicted octanol–water partition coefficient (Wildman–Crippen LogP) is 2.04. The second kappa shape index (κ2) is 8.78. The Hall–Kier alpha value is -2.74. The molecule has 0 radical (unpaired) electrons. The van der Waals surface area contributed by atoms with Crippen molar-refractivity contribution < 1.29 is 18.3 Å². The number of hydrogen-bond acceptors (Lipinski definition) is 3. The Morgan fingerprint density at radius 1 is 0.958 bits per heavy atom. The van der Waals surface area contributed by atoms with Gasteiger partial charge >= 0.3 is 0 Å². The second-order valence-corrected chi connectivity index (χ2v) is 5.13. The van der Waals surface area contributed by atoms with Crippen LogP contribution in [-0.4, -0.2) is 17.6 Å². The number of amides is 1. The van der Waals surface area contributed by atoms with Crippen LogP contribution < -0.4 is 20.9 Å². The first-order valence-corrected chi connectivity index (χ1v) is 7.39. The van der Waals surface area contributed by atoms with Crippen LogP contribution in [-0.2, 0) is 11.3 Å². The summed E-state index contributed by atoms with van der Waals surface area (Å²) in [6.45, 7) is 0.132. The van der Waals surface area contributed by atoms with Gasteiger partial charge in [0.25, 0.3) is 5.91 Å². The molecule has 0 aromatic heterocycles. The van der Waals surface area contributed by atoms with Gasteiger partial charge < -0.3 is 10.1 Å². The van der Waals surface area contributed by atoms with Gasteiger partial charge in [0.2, 0.25) is 0 Å². The molecule has 0 unspecified atom stereocenters. The van der Waals surface area contributed by atoms with Crippen LogP contribution in [0.15, 0.2) is 48.5 Å². The Morgan fingerprint density at radius 3 is 2.17 bits per heavy atom. The first kappa shape index (κ1) is 17.6. The largest absolute Gasteiger partial charge is 0.484 e. The van der Waals surface area contributed by atoms with E-state index in [0.29, 0.717) is 12.3 Å². The predicted molar refractivity (Wildman–Crippen MR) is 89.0 cm³/mol. The lowest BCUT2D eigenvalue weighted by Crippen LogP contribution is -2.48. The van der Waals surface area contributed by atoms with Gasteiger partial charge in [-0.1, -0.05) is 12.1 Å². The molecule has 0 fully saturated rings. The number of thiocarbonyl (C=S) groups is 1. The van der Waals surface area contributed by atoms with E-state index in [0.717, 1.165) is 5.56 Å². The second-order valence-electron chi connectivity index (χ2n) is 4.72. The normalized spacial score (nSPS) is 9.92.